The molecule has 25 heavy (non-hydrogen) atoms. The third-order valence-electron chi connectivity index (χ3n) is 3.30. The number of thiazole rings is 1. The minimum absolute atomic E-state index is 0.0428. The lowest BCUT2D eigenvalue weighted by atomic mass is 10.1. The Morgan fingerprint density at radius 1 is 1.12 bits per heavy atom. The van der Waals surface area contributed by atoms with Gasteiger partial charge in [-0.3, -0.25) is 4.79 Å². The Hall–Kier alpha value is -2.02. The zero-order valence-corrected chi connectivity index (χ0v) is 14.9. The Morgan fingerprint density at radius 2 is 1.92 bits per heavy atom. The van der Waals surface area contributed by atoms with Crippen LogP contribution in [-0.2, 0) is 11.2 Å². The highest BCUT2D eigenvalue weighted by molar-refractivity contribution is 7.14. The molecule has 1 heterocycles. The topological polar surface area (TPSA) is 42.0 Å². The Kier molecular flexibility index (Phi) is 5.32. The summed E-state index contributed by atoms with van der Waals surface area (Å²) in [6.45, 7) is 0. The number of benzene rings is 2. The second kappa shape index (κ2) is 7.47. The summed E-state index contributed by atoms with van der Waals surface area (Å²) in [4.78, 5) is 16.2. The maximum absolute atomic E-state index is 13.8. The van der Waals surface area contributed by atoms with Gasteiger partial charge in [0.25, 0.3) is 0 Å². The minimum atomic E-state index is -0.583. The summed E-state index contributed by atoms with van der Waals surface area (Å²) in [5.74, 6) is -1.45. The van der Waals surface area contributed by atoms with E-state index in [1.54, 1.807) is 23.6 Å². The molecular formula is C17H10Cl2F2N2OS. The molecule has 0 unspecified atom stereocenters. The molecule has 0 saturated heterocycles. The van der Waals surface area contributed by atoms with E-state index in [2.05, 4.69) is 10.3 Å². The number of aromatic nitrogens is 1. The van der Waals surface area contributed by atoms with Crippen molar-refractivity contribution in [2.45, 2.75) is 6.42 Å². The fourth-order valence-corrected chi connectivity index (χ4v) is 3.19. The summed E-state index contributed by atoms with van der Waals surface area (Å²) in [5, 5.41) is 5.24. The summed E-state index contributed by atoms with van der Waals surface area (Å²) in [7, 11) is 0. The zero-order chi connectivity index (χ0) is 18.0. The molecule has 0 spiro atoms. The summed E-state index contributed by atoms with van der Waals surface area (Å²) in [6.07, 6.45) is 0.0835. The van der Waals surface area contributed by atoms with Gasteiger partial charge in [-0.1, -0.05) is 29.3 Å². The van der Waals surface area contributed by atoms with Crippen LogP contribution in [0.4, 0.5) is 13.9 Å². The number of amides is 1. The van der Waals surface area contributed by atoms with Crippen LogP contribution in [0.3, 0.4) is 0 Å². The zero-order valence-electron chi connectivity index (χ0n) is 12.5. The SMILES string of the molecule is O=C(Cc1ccc(Cl)c(Cl)c1)Nc1nc(-c2cc(F)ccc2F)cs1. The van der Waals surface area contributed by atoms with Gasteiger partial charge in [-0.05, 0) is 35.9 Å². The van der Waals surface area contributed by atoms with Gasteiger partial charge in [0.05, 0.1) is 22.2 Å². The molecule has 0 bridgehead atoms. The Morgan fingerprint density at radius 3 is 2.68 bits per heavy atom. The van der Waals surface area contributed by atoms with Crippen molar-refractivity contribution in [2.75, 3.05) is 5.32 Å². The predicted octanol–water partition coefficient (Wildman–Crippen LogP) is 5.58. The summed E-state index contributed by atoms with van der Waals surface area (Å²) >= 11 is 12.9. The molecule has 3 aromatic rings. The second-order valence-electron chi connectivity index (χ2n) is 5.14. The van der Waals surface area contributed by atoms with Crippen LogP contribution in [0.5, 0.6) is 0 Å². The van der Waals surface area contributed by atoms with E-state index in [1.807, 2.05) is 0 Å². The van der Waals surface area contributed by atoms with E-state index in [0.29, 0.717) is 20.7 Å². The number of halogens is 4. The molecule has 2 aromatic carbocycles. The molecule has 0 fully saturated rings. The van der Waals surface area contributed by atoms with E-state index in [4.69, 9.17) is 23.2 Å². The number of carbonyl (C=O) groups excluding carboxylic acids is 1. The predicted molar refractivity (Wildman–Crippen MR) is 96.3 cm³/mol. The number of hydrogen-bond acceptors (Lipinski definition) is 3. The quantitative estimate of drug-likeness (QED) is 0.623. The minimum Gasteiger partial charge on any atom is -0.302 e. The van der Waals surface area contributed by atoms with E-state index < -0.39 is 11.6 Å². The van der Waals surface area contributed by atoms with Gasteiger partial charge in [0.2, 0.25) is 5.91 Å². The van der Waals surface area contributed by atoms with Crippen LogP contribution in [-0.4, -0.2) is 10.9 Å². The third kappa shape index (κ3) is 4.34. The van der Waals surface area contributed by atoms with Crippen molar-refractivity contribution in [3.63, 3.8) is 0 Å². The first-order valence-electron chi connectivity index (χ1n) is 7.07. The summed E-state index contributed by atoms with van der Waals surface area (Å²) in [5.41, 5.74) is 0.993. The van der Waals surface area contributed by atoms with Crippen molar-refractivity contribution in [1.29, 1.82) is 0 Å². The average Bonchev–Trinajstić information content (AvgIpc) is 3.01. The van der Waals surface area contributed by atoms with E-state index in [0.717, 1.165) is 29.5 Å². The molecule has 0 atom stereocenters. The first-order chi connectivity index (χ1) is 11.9. The van der Waals surface area contributed by atoms with Crippen molar-refractivity contribution in [3.05, 3.63) is 69.0 Å². The van der Waals surface area contributed by atoms with Gasteiger partial charge in [0.1, 0.15) is 11.6 Å². The Labute approximate surface area is 156 Å². The van der Waals surface area contributed by atoms with Crippen molar-refractivity contribution < 1.29 is 13.6 Å². The molecule has 0 aliphatic carbocycles. The lowest BCUT2D eigenvalue weighted by molar-refractivity contribution is -0.115. The number of nitrogens with one attached hydrogen (secondary N) is 1. The van der Waals surface area contributed by atoms with Crippen LogP contribution >= 0.6 is 34.5 Å². The van der Waals surface area contributed by atoms with Crippen LogP contribution in [0.1, 0.15) is 5.56 Å². The van der Waals surface area contributed by atoms with Crippen LogP contribution in [0.15, 0.2) is 41.8 Å². The highest BCUT2D eigenvalue weighted by atomic mass is 35.5. The Bertz CT molecular complexity index is 946. The molecule has 8 heteroatoms. The van der Waals surface area contributed by atoms with E-state index in [9.17, 15) is 13.6 Å². The first kappa shape index (κ1) is 17.8. The summed E-state index contributed by atoms with van der Waals surface area (Å²) in [6, 6.07) is 8.05. The van der Waals surface area contributed by atoms with Crippen molar-refractivity contribution >= 4 is 45.6 Å². The molecule has 0 aliphatic heterocycles. The van der Waals surface area contributed by atoms with Crippen molar-refractivity contribution in [1.82, 2.24) is 4.98 Å². The van der Waals surface area contributed by atoms with Gasteiger partial charge in [-0.2, -0.15) is 0 Å². The number of anilines is 1. The monoisotopic (exact) mass is 398 g/mol. The largest absolute Gasteiger partial charge is 0.302 e. The van der Waals surface area contributed by atoms with Crippen LogP contribution in [0.25, 0.3) is 11.3 Å². The number of rotatable bonds is 4. The maximum Gasteiger partial charge on any atom is 0.230 e. The van der Waals surface area contributed by atoms with Gasteiger partial charge in [-0.15, -0.1) is 11.3 Å². The highest BCUT2D eigenvalue weighted by Gasteiger charge is 2.13. The number of carbonyl (C=O) groups is 1. The third-order valence-corrected chi connectivity index (χ3v) is 4.80. The molecule has 3 nitrogen and oxygen atoms in total. The molecule has 1 N–H and O–H groups in total. The van der Waals surface area contributed by atoms with Crippen LogP contribution in [0, 0.1) is 11.6 Å². The number of nitrogens with zero attached hydrogens (tertiary/aromatic N) is 1. The van der Waals surface area contributed by atoms with Gasteiger partial charge in [-0.25, -0.2) is 13.8 Å². The normalized spacial score (nSPS) is 10.7. The lowest BCUT2D eigenvalue weighted by Gasteiger charge is -2.04. The van der Waals surface area contributed by atoms with E-state index >= 15 is 0 Å². The van der Waals surface area contributed by atoms with Crippen molar-refractivity contribution in [2.24, 2.45) is 0 Å². The average molecular weight is 399 g/mol. The lowest BCUT2D eigenvalue weighted by Crippen LogP contribution is -2.14. The van der Waals surface area contributed by atoms with Gasteiger partial charge < -0.3 is 5.32 Å². The fourth-order valence-electron chi connectivity index (χ4n) is 2.15. The molecule has 0 saturated carbocycles. The second-order valence-corrected chi connectivity index (χ2v) is 6.81. The molecular weight excluding hydrogens is 389 g/mol. The standard InChI is InChI=1S/C17H10Cl2F2N2OS/c18-12-3-1-9(5-13(12)19)6-16(24)23-17-22-15(8-25-17)11-7-10(20)2-4-14(11)21/h1-5,7-8H,6H2,(H,22,23,24). The number of hydrogen-bond donors (Lipinski definition) is 1. The Balaban J connectivity index is 1.71. The maximum atomic E-state index is 13.8. The highest BCUT2D eigenvalue weighted by Crippen LogP contribution is 2.28. The van der Waals surface area contributed by atoms with E-state index in [-0.39, 0.29) is 23.6 Å². The van der Waals surface area contributed by atoms with Gasteiger partial charge >= 0.3 is 0 Å². The molecule has 1 aromatic heterocycles. The molecule has 0 aliphatic rings. The van der Waals surface area contributed by atoms with Gasteiger partial charge in [0, 0.05) is 10.9 Å². The fraction of sp³-hybridized carbons (Fsp3) is 0.0588. The van der Waals surface area contributed by atoms with Crippen LogP contribution in [0.2, 0.25) is 10.0 Å². The van der Waals surface area contributed by atoms with Gasteiger partial charge in [0.15, 0.2) is 5.13 Å². The summed E-state index contributed by atoms with van der Waals surface area (Å²) < 4.78 is 27.0. The first-order valence-corrected chi connectivity index (χ1v) is 8.70. The van der Waals surface area contributed by atoms with E-state index in [1.165, 1.54) is 0 Å². The molecule has 0 radical (unpaired) electrons. The smallest absolute Gasteiger partial charge is 0.230 e. The molecule has 128 valence electrons. The van der Waals surface area contributed by atoms with Crippen LogP contribution < -0.4 is 5.32 Å². The van der Waals surface area contributed by atoms with Crippen molar-refractivity contribution in [3.8, 4) is 11.3 Å². The molecule has 1 amide bonds. The molecule has 3 rings (SSSR count).